The predicted molar refractivity (Wildman–Crippen MR) is 85.5 cm³/mol. The fourth-order valence-corrected chi connectivity index (χ4v) is 2.46. The Kier molecular flexibility index (Phi) is 4.48. The molecule has 1 N–H and O–H groups in total. The second-order valence-corrected chi connectivity index (χ2v) is 5.47. The summed E-state index contributed by atoms with van der Waals surface area (Å²) in [6, 6.07) is 8.63. The molecule has 0 saturated carbocycles. The number of hydrogen-bond donors (Lipinski definition) is 1. The fraction of sp³-hybridized carbons (Fsp3) is 0.375. The van der Waals surface area contributed by atoms with Crippen LogP contribution >= 0.6 is 0 Å². The van der Waals surface area contributed by atoms with Gasteiger partial charge in [-0.05, 0) is 19.2 Å². The van der Waals surface area contributed by atoms with Crippen LogP contribution in [-0.2, 0) is 6.54 Å². The molecule has 22 heavy (non-hydrogen) atoms. The van der Waals surface area contributed by atoms with Crippen LogP contribution in [0.1, 0.15) is 5.56 Å². The molecule has 1 aliphatic heterocycles. The molecule has 1 aromatic carbocycles. The van der Waals surface area contributed by atoms with Gasteiger partial charge in [0.25, 0.3) is 0 Å². The van der Waals surface area contributed by atoms with Crippen LogP contribution in [-0.4, -0.2) is 48.1 Å². The number of likely N-dealkylation sites (N-methyl/N-ethyl adjacent to an activating group) is 1. The van der Waals surface area contributed by atoms with E-state index in [-0.39, 0.29) is 5.82 Å². The Hall–Kier alpha value is -2.21. The average Bonchev–Trinajstić information content (AvgIpc) is 2.55. The molecule has 0 radical (unpaired) electrons. The van der Waals surface area contributed by atoms with Crippen LogP contribution < -0.4 is 10.2 Å². The Balaban J connectivity index is 1.65. The molecule has 0 atom stereocenters. The Morgan fingerprint density at radius 2 is 1.91 bits per heavy atom. The van der Waals surface area contributed by atoms with E-state index in [4.69, 9.17) is 0 Å². The van der Waals surface area contributed by atoms with Crippen molar-refractivity contribution in [3.63, 3.8) is 0 Å². The van der Waals surface area contributed by atoms with Crippen LogP contribution in [0, 0.1) is 5.82 Å². The van der Waals surface area contributed by atoms with Gasteiger partial charge in [0.15, 0.2) is 0 Å². The molecule has 0 spiro atoms. The van der Waals surface area contributed by atoms with Gasteiger partial charge in [-0.25, -0.2) is 9.37 Å². The van der Waals surface area contributed by atoms with Crippen LogP contribution in [0.2, 0.25) is 0 Å². The highest BCUT2D eigenvalue weighted by Gasteiger charge is 2.15. The molecule has 0 bridgehead atoms. The molecule has 0 aliphatic carbocycles. The van der Waals surface area contributed by atoms with Gasteiger partial charge in [0.05, 0.1) is 0 Å². The van der Waals surface area contributed by atoms with Crippen molar-refractivity contribution in [3.8, 4) is 0 Å². The van der Waals surface area contributed by atoms with Crippen LogP contribution in [0.15, 0.2) is 36.5 Å². The van der Waals surface area contributed by atoms with Gasteiger partial charge in [-0.1, -0.05) is 18.2 Å². The number of benzene rings is 1. The first-order valence-corrected chi connectivity index (χ1v) is 7.46. The minimum absolute atomic E-state index is 0.217. The molecule has 2 heterocycles. The number of rotatable bonds is 4. The number of piperazine rings is 1. The lowest BCUT2D eigenvalue weighted by Gasteiger charge is -2.33. The van der Waals surface area contributed by atoms with Gasteiger partial charge in [0, 0.05) is 44.5 Å². The summed E-state index contributed by atoms with van der Waals surface area (Å²) < 4.78 is 13.6. The molecule has 5 nitrogen and oxygen atoms in total. The van der Waals surface area contributed by atoms with Crippen LogP contribution in [0.5, 0.6) is 0 Å². The maximum atomic E-state index is 13.6. The highest BCUT2D eigenvalue weighted by Crippen LogP contribution is 2.15. The lowest BCUT2D eigenvalue weighted by Crippen LogP contribution is -2.44. The smallest absolute Gasteiger partial charge is 0.224 e. The number of anilines is 2. The van der Waals surface area contributed by atoms with Crippen molar-refractivity contribution >= 4 is 11.8 Å². The molecule has 1 aliphatic rings. The molecular formula is C16H20FN5. The van der Waals surface area contributed by atoms with Gasteiger partial charge in [-0.3, -0.25) is 0 Å². The second-order valence-electron chi connectivity index (χ2n) is 5.47. The first kappa shape index (κ1) is 14.7. The van der Waals surface area contributed by atoms with Gasteiger partial charge in [-0.2, -0.15) is 4.98 Å². The van der Waals surface area contributed by atoms with E-state index in [1.54, 1.807) is 18.3 Å². The first-order valence-electron chi connectivity index (χ1n) is 7.46. The van der Waals surface area contributed by atoms with E-state index in [1.165, 1.54) is 6.07 Å². The summed E-state index contributed by atoms with van der Waals surface area (Å²) in [6.45, 7) is 4.35. The van der Waals surface area contributed by atoms with Crippen molar-refractivity contribution in [1.82, 2.24) is 14.9 Å². The second kappa shape index (κ2) is 6.70. The Labute approximate surface area is 129 Å². The molecule has 1 saturated heterocycles. The lowest BCUT2D eigenvalue weighted by molar-refractivity contribution is 0.312. The van der Waals surface area contributed by atoms with Gasteiger partial charge < -0.3 is 15.1 Å². The quantitative estimate of drug-likeness (QED) is 0.935. The standard InChI is InChI=1S/C16H20FN5/c1-21-8-10-22(11-9-21)15-6-7-18-16(20-15)19-12-13-4-2-3-5-14(13)17/h2-7H,8-12H2,1H3,(H,18,19,20). The summed E-state index contributed by atoms with van der Waals surface area (Å²) in [4.78, 5) is 13.3. The molecular weight excluding hydrogens is 281 g/mol. The summed E-state index contributed by atoms with van der Waals surface area (Å²) in [7, 11) is 2.12. The zero-order valence-corrected chi connectivity index (χ0v) is 12.7. The number of hydrogen-bond acceptors (Lipinski definition) is 5. The Bertz CT molecular complexity index is 625. The van der Waals surface area contributed by atoms with Crippen molar-refractivity contribution in [2.24, 2.45) is 0 Å². The average molecular weight is 301 g/mol. The van der Waals surface area contributed by atoms with Crippen LogP contribution in [0.25, 0.3) is 0 Å². The fourth-order valence-electron chi connectivity index (χ4n) is 2.46. The topological polar surface area (TPSA) is 44.3 Å². The van der Waals surface area contributed by atoms with Crippen molar-refractivity contribution in [2.75, 3.05) is 43.4 Å². The summed E-state index contributed by atoms with van der Waals surface area (Å²) in [5, 5.41) is 3.09. The van der Waals surface area contributed by atoms with Crippen LogP contribution in [0.3, 0.4) is 0 Å². The minimum atomic E-state index is -0.217. The van der Waals surface area contributed by atoms with Gasteiger partial charge in [-0.15, -0.1) is 0 Å². The third-order valence-corrected chi connectivity index (χ3v) is 3.86. The SMILES string of the molecule is CN1CCN(c2ccnc(NCc3ccccc3F)n2)CC1. The van der Waals surface area contributed by atoms with E-state index in [0.29, 0.717) is 18.1 Å². The molecule has 1 aromatic heterocycles. The summed E-state index contributed by atoms with van der Waals surface area (Å²) in [5.41, 5.74) is 0.608. The van der Waals surface area contributed by atoms with Crippen LogP contribution in [0.4, 0.5) is 16.2 Å². The molecule has 6 heteroatoms. The maximum absolute atomic E-state index is 13.6. The molecule has 2 aromatic rings. The van der Waals surface area contributed by atoms with Crippen molar-refractivity contribution in [3.05, 3.63) is 47.9 Å². The zero-order chi connectivity index (χ0) is 15.4. The maximum Gasteiger partial charge on any atom is 0.224 e. The van der Waals surface area contributed by atoms with E-state index in [0.717, 1.165) is 32.0 Å². The van der Waals surface area contributed by atoms with E-state index in [2.05, 4.69) is 32.1 Å². The Morgan fingerprint density at radius 3 is 2.68 bits per heavy atom. The Morgan fingerprint density at radius 1 is 1.14 bits per heavy atom. The lowest BCUT2D eigenvalue weighted by atomic mass is 10.2. The highest BCUT2D eigenvalue weighted by atomic mass is 19.1. The first-order chi connectivity index (χ1) is 10.7. The number of nitrogens with zero attached hydrogens (tertiary/aromatic N) is 4. The normalized spacial score (nSPS) is 15.8. The van der Waals surface area contributed by atoms with Crippen molar-refractivity contribution < 1.29 is 4.39 Å². The van der Waals surface area contributed by atoms with Crippen molar-refractivity contribution in [1.29, 1.82) is 0 Å². The molecule has 0 amide bonds. The van der Waals surface area contributed by atoms with E-state index in [1.807, 2.05) is 12.1 Å². The monoisotopic (exact) mass is 301 g/mol. The molecule has 116 valence electrons. The number of nitrogens with one attached hydrogen (secondary N) is 1. The van der Waals surface area contributed by atoms with Gasteiger partial charge in [0.2, 0.25) is 5.95 Å². The zero-order valence-electron chi connectivity index (χ0n) is 12.7. The largest absolute Gasteiger partial charge is 0.354 e. The van der Waals surface area contributed by atoms with Crippen molar-refractivity contribution in [2.45, 2.75) is 6.54 Å². The third-order valence-electron chi connectivity index (χ3n) is 3.86. The molecule has 3 rings (SSSR count). The third kappa shape index (κ3) is 3.51. The summed E-state index contributed by atoms with van der Waals surface area (Å²) in [5.74, 6) is 1.23. The van der Waals surface area contributed by atoms with E-state index in [9.17, 15) is 4.39 Å². The number of halogens is 1. The minimum Gasteiger partial charge on any atom is -0.354 e. The van der Waals surface area contributed by atoms with E-state index < -0.39 is 0 Å². The predicted octanol–water partition coefficient (Wildman–Crippen LogP) is 1.98. The van der Waals surface area contributed by atoms with Gasteiger partial charge >= 0.3 is 0 Å². The van der Waals surface area contributed by atoms with Gasteiger partial charge in [0.1, 0.15) is 11.6 Å². The molecule has 1 fully saturated rings. The highest BCUT2D eigenvalue weighted by molar-refractivity contribution is 5.43. The molecule has 0 unspecified atom stereocenters. The number of aromatic nitrogens is 2. The summed E-state index contributed by atoms with van der Waals surface area (Å²) in [6.07, 6.45) is 1.74. The summed E-state index contributed by atoms with van der Waals surface area (Å²) >= 11 is 0. The van der Waals surface area contributed by atoms with E-state index >= 15 is 0 Å².